The van der Waals surface area contributed by atoms with Crippen molar-refractivity contribution in [2.75, 3.05) is 0 Å². The first kappa shape index (κ1) is 11.7. The van der Waals surface area contributed by atoms with Gasteiger partial charge >= 0.3 is 0 Å². The van der Waals surface area contributed by atoms with E-state index in [1.54, 1.807) is 0 Å². The first-order chi connectivity index (χ1) is 7.72. The first-order valence-electron chi connectivity index (χ1n) is 6.50. The minimum Gasteiger partial charge on any atom is -0.388 e. The third kappa shape index (κ3) is 2.30. The molecule has 0 spiro atoms. The zero-order chi connectivity index (χ0) is 11.5. The molecular formula is C15H22O. The Balaban J connectivity index is 2.06. The molecule has 1 aliphatic rings. The van der Waals surface area contributed by atoms with Crippen LogP contribution in [-0.4, -0.2) is 5.11 Å². The molecule has 1 aromatic rings. The SMILES string of the molecule is CCC(C)C(O)c1ccc(C2CCC2)cc1. The summed E-state index contributed by atoms with van der Waals surface area (Å²) in [5.41, 5.74) is 2.52. The molecule has 0 heterocycles. The van der Waals surface area contributed by atoms with Crippen LogP contribution in [0.4, 0.5) is 0 Å². The zero-order valence-corrected chi connectivity index (χ0v) is 10.3. The molecule has 88 valence electrons. The predicted octanol–water partition coefficient (Wildman–Crippen LogP) is 4.03. The largest absolute Gasteiger partial charge is 0.388 e. The quantitative estimate of drug-likeness (QED) is 0.808. The van der Waals surface area contributed by atoms with E-state index in [0.717, 1.165) is 17.9 Å². The van der Waals surface area contributed by atoms with E-state index in [9.17, 15) is 5.11 Å². The van der Waals surface area contributed by atoms with Crippen LogP contribution in [0.5, 0.6) is 0 Å². The molecule has 0 aromatic heterocycles. The normalized spacial score (nSPS) is 20.2. The van der Waals surface area contributed by atoms with Crippen molar-refractivity contribution < 1.29 is 5.11 Å². The number of aliphatic hydroxyl groups is 1. The van der Waals surface area contributed by atoms with Crippen molar-refractivity contribution in [3.8, 4) is 0 Å². The lowest BCUT2D eigenvalue weighted by Gasteiger charge is -2.26. The van der Waals surface area contributed by atoms with Gasteiger partial charge in [-0.3, -0.25) is 0 Å². The van der Waals surface area contributed by atoms with Gasteiger partial charge in [0, 0.05) is 0 Å². The fourth-order valence-electron chi connectivity index (χ4n) is 2.26. The number of rotatable bonds is 4. The van der Waals surface area contributed by atoms with Crippen molar-refractivity contribution in [3.63, 3.8) is 0 Å². The molecule has 0 saturated heterocycles. The Hall–Kier alpha value is -0.820. The van der Waals surface area contributed by atoms with E-state index < -0.39 is 0 Å². The first-order valence-corrected chi connectivity index (χ1v) is 6.50. The number of hydrogen-bond acceptors (Lipinski definition) is 1. The van der Waals surface area contributed by atoms with Crippen molar-refractivity contribution >= 4 is 0 Å². The lowest BCUT2D eigenvalue weighted by molar-refractivity contribution is 0.115. The molecule has 0 radical (unpaired) electrons. The fourth-order valence-corrected chi connectivity index (χ4v) is 2.26. The Kier molecular flexibility index (Phi) is 3.65. The molecule has 1 aromatic carbocycles. The highest BCUT2D eigenvalue weighted by atomic mass is 16.3. The maximum atomic E-state index is 10.1. The van der Waals surface area contributed by atoms with E-state index in [-0.39, 0.29) is 6.10 Å². The highest BCUT2D eigenvalue weighted by Crippen LogP contribution is 2.36. The van der Waals surface area contributed by atoms with Crippen molar-refractivity contribution in [1.29, 1.82) is 0 Å². The minimum atomic E-state index is -0.305. The van der Waals surface area contributed by atoms with Gasteiger partial charge in [0.05, 0.1) is 6.10 Å². The number of benzene rings is 1. The fraction of sp³-hybridized carbons (Fsp3) is 0.600. The summed E-state index contributed by atoms with van der Waals surface area (Å²) in [5, 5.41) is 10.1. The highest BCUT2D eigenvalue weighted by Gasteiger charge is 2.20. The average Bonchev–Trinajstić information content (AvgIpc) is 2.26. The maximum absolute atomic E-state index is 10.1. The molecule has 1 aliphatic carbocycles. The Morgan fingerprint density at radius 2 is 1.88 bits per heavy atom. The molecule has 1 saturated carbocycles. The lowest BCUT2D eigenvalue weighted by atomic mass is 9.79. The van der Waals surface area contributed by atoms with Crippen LogP contribution in [-0.2, 0) is 0 Å². The second-order valence-corrected chi connectivity index (χ2v) is 5.12. The Morgan fingerprint density at radius 3 is 2.31 bits per heavy atom. The topological polar surface area (TPSA) is 20.2 Å². The summed E-state index contributed by atoms with van der Waals surface area (Å²) in [4.78, 5) is 0. The second-order valence-electron chi connectivity index (χ2n) is 5.12. The van der Waals surface area contributed by atoms with E-state index in [1.807, 2.05) is 0 Å². The van der Waals surface area contributed by atoms with E-state index >= 15 is 0 Å². The molecule has 1 nitrogen and oxygen atoms in total. The molecule has 1 heteroatoms. The lowest BCUT2D eigenvalue weighted by Crippen LogP contribution is -2.10. The van der Waals surface area contributed by atoms with Gasteiger partial charge in [-0.2, -0.15) is 0 Å². The summed E-state index contributed by atoms with van der Waals surface area (Å²) in [6.07, 6.45) is 4.77. The molecule has 16 heavy (non-hydrogen) atoms. The van der Waals surface area contributed by atoms with Gasteiger partial charge in [-0.15, -0.1) is 0 Å². The van der Waals surface area contributed by atoms with Crippen molar-refractivity contribution in [2.45, 2.75) is 51.6 Å². The van der Waals surface area contributed by atoms with Gasteiger partial charge in [-0.1, -0.05) is 51.0 Å². The van der Waals surface area contributed by atoms with Gasteiger partial charge in [0.15, 0.2) is 0 Å². The van der Waals surface area contributed by atoms with Gasteiger partial charge in [-0.05, 0) is 35.8 Å². The third-order valence-electron chi connectivity index (χ3n) is 4.04. The molecule has 2 atom stereocenters. The maximum Gasteiger partial charge on any atom is 0.0815 e. The summed E-state index contributed by atoms with van der Waals surface area (Å²) < 4.78 is 0. The molecule has 1 fully saturated rings. The summed E-state index contributed by atoms with van der Waals surface area (Å²) in [5.74, 6) is 1.13. The van der Waals surface area contributed by atoms with E-state index in [4.69, 9.17) is 0 Å². The average molecular weight is 218 g/mol. The standard InChI is InChI=1S/C15H22O/c1-3-11(2)15(16)14-9-7-13(8-10-14)12-5-4-6-12/h7-12,15-16H,3-6H2,1-2H3. The Morgan fingerprint density at radius 1 is 1.25 bits per heavy atom. The zero-order valence-electron chi connectivity index (χ0n) is 10.3. The minimum absolute atomic E-state index is 0.305. The van der Waals surface area contributed by atoms with Crippen LogP contribution in [0, 0.1) is 5.92 Å². The molecule has 2 unspecified atom stereocenters. The van der Waals surface area contributed by atoms with Crippen LogP contribution < -0.4 is 0 Å². The van der Waals surface area contributed by atoms with E-state index in [2.05, 4.69) is 38.1 Å². The van der Waals surface area contributed by atoms with Crippen LogP contribution in [0.2, 0.25) is 0 Å². The van der Waals surface area contributed by atoms with Crippen LogP contribution in [0.15, 0.2) is 24.3 Å². The number of aliphatic hydroxyl groups excluding tert-OH is 1. The van der Waals surface area contributed by atoms with Gasteiger partial charge in [0.1, 0.15) is 0 Å². The van der Waals surface area contributed by atoms with Gasteiger partial charge < -0.3 is 5.11 Å². The van der Waals surface area contributed by atoms with Crippen molar-refractivity contribution in [3.05, 3.63) is 35.4 Å². The van der Waals surface area contributed by atoms with Crippen LogP contribution in [0.1, 0.15) is 62.7 Å². The smallest absolute Gasteiger partial charge is 0.0815 e. The molecular weight excluding hydrogens is 196 g/mol. The number of hydrogen-bond donors (Lipinski definition) is 1. The van der Waals surface area contributed by atoms with Crippen LogP contribution in [0.25, 0.3) is 0 Å². The highest BCUT2D eigenvalue weighted by molar-refractivity contribution is 5.28. The van der Waals surface area contributed by atoms with Crippen LogP contribution >= 0.6 is 0 Å². The summed E-state index contributed by atoms with van der Waals surface area (Å²) in [7, 11) is 0. The molecule has 0 aliphatic heterocycles. The van der Waals surface area contributed by atoms with Gasteiger partial charge in [0.2, 0.25) is 0 Å². The second kappa shape index (κ2) is 5.01. The summed E-state index contributed by atoms with van der Waals surface area (Å²) >= 11 is 0. The summed E-state index contributed by atoms with van der Waals surface area (Å²) in [6.45, 7) is 4.22. The van der Waals surface area contributed by atoms with E-state index in [1.165, 1.54) is 24.8 Å². The van der Waals surface area contributed by atoms with E-state index in [0.29, 0.717) is 5.92 Å². The van der Waals surface area contributed by atoms with Crippen molar-refractivity contribution in [2.24, 2.45) is 5.92 Å². The molecule has 1 N–H and O–H groups in total. The molecule has 2 rings (SSSR count). The van der Waals surface area contributed by atoms with Crippen LogP contribution in [0.3, 0.4) is 0 Å². The Labute approximate surface area is 98.5 Å². The Bertz CT molecular complexity index is 324. The predicted molar refractivity (Wildman–Crippen MR) is 67.4 cm³/mol. The van der Waals surface area contributed by atoms with Gasteiger partial charge in [-0.25, -0.2) is 0 Å². The summed E-state index contributed by atoms with van der Waals surface area (Å²) in [6, 6.07) is 8.60. The molecule has 0 amide bonds. The molecule has 0 bridgehead atoms. The van der Waals surface area contributed by atoms with Gasteiger partial charge in [0.25, 0.3) is 0 Å². The van der Waals surface area contributed by atoms with Crippen molar-refractivity contribution in [1.82, 2.24) is 0 Å². The monoisotopic (exact) mass is 218 g/mol. The third-order valence-corrected chi connectivity index (χ3v) is 4.04.